The van der Waals surface area contributed by atoms with Gasteiger partial charge in [-0.1, -0.05) is 17.7 Å². The van der Waals surface area contributed by atoms with Gasteiger partial charge in [-0.2, -0.15) is 0 Å². The normalized spacial score (nSPS) is 7.91. The molecule has 0 N–H and O–H groups in total. The average molecular weight is 306 g/mol. The van der Waals surface area contributed by atoms with E-state index in [1.807, 2.05) is 0 Å². The molecule has 11 heavy (non-hydrogen) atoms. The van der Waals surface area contributed by atoms with Gasteiger partial charge in [-0.15, -0.1) is 0 Å². The van der Waals surface area contributed by atoms with Crippen molar-refractivity contribution in [1.29, 1.82) is 0 Å². The molecule has 2 heteroatoms. The van der Waals surface area contributed by atoms with E-state index in [1.54, 1.807) is 0 Å². The number of benzene rings is 1. The van der Waals surface area contributed by atoms with E-state index in [0.29, 0.717) is 0 Å². The molecule has 0 bridgehead atoms. The number of hydrogen-bond donors (Lipinski definition) is 0. The van der Waals surface area contributed by atoms with E-state index in [2.05, 4.69) is 39.0 Å². The molecule has 0 aliphatic carbocycles. The van der Waals surface area contributed by atoms with E-state index >= 15 is 0 Å². The summed E-state index contributed by atoms with van der Waals surface area (Å²) < 4.78 is 0. The van der Waals surface area contributed by atoms with Crippen LogP contribution in [-0.4, -0.2) is 0 Å². The molecule has 0 saturated carbocycles. The van der Waals surface area contributed by atoms with E-state index in [1.165, 1.54) is 16.7 Å². The van der Waals surface area contributed by atoms with Crippen molar-refractivity contribution < 1.29 is 37.4 Å². The largest absolute Gasteiger partial charge is 1.00 e. The molecule has 0 aliphatic heterocycles. The molecule has 1 aromatic rings. The summed E-state index contributed by atoms with van der Waals surface area (Å²) in [6.45, 7) is 6.24. The fourth-order valence-corrected chi connectivity index (χ4v) is 1.11. The van der Waals surface area contributed by atoms with Gasteiger partial charge >= 0.3 is 0 Å². The zero-order valence-corrected chi connectivity index (χ0v) is 9.99. The minimum atomic E-state index is 0. The zero-order chi connectivity index (χ0) is 6.85. The minimum Gasteiger partial charge on any atom is -1.00 e. The molecule has 0 saturated heterocycles. The van der Waals surface area contributed by atoms with Gasteiger partial charge in [-0.25, -0.2) is 0 Å². The summed E-state index contributed by atoms with van der Waals surface area (Å²) in [6.07, 6.45) is 0. The standard InChI is InChI=1S/C9H11.BrH.Pd/c1-7-4-8(2)6-9(3)5-7;;/h4-5H,1-3H3;1H;/p-1. The predicted octanol–water partition coefficient (Wildman–Crippen LogP) is -0.586. The summed E-state index contributed by atoms with van der Waals surface area (Å²) in [4.78, 5) is 0. The molecule has 0 atom stereocenters. The first kappa shape index (κ1) is 13.9. The number of rotatable bonds is 0. The van der Waals surface area contributed by atoms with Crippen molar-refractivity contribution in [2.45, 2.75) is 20.8 Å². The van der Waals surface area contributed by atoms with Crippen molar-refractivity contribution in [3.05, 3.63) is 34.9 Å². The second kappa shape index (κ2) is 5.94. The van der Waals surface area contributed by atoms with E-state index in [9.17, 15) is 0 Å². The van der Waals surface area contributed by atoms with Crippen LogP contribution in [0.4, 0.5) is 0 Å². The van der Waals surface area contributed by atoms with Crippen molar-refractivity contribution in [3.8, 4) is 0 Å². The Hall–Kier alpha value is 0.362. The summed E-state index contributed by atoms with van der Waals surface area (Å²) in [5.41, 5.74) is 3.78. The van der Waals surface area contributed by atoms with Gasteiger partial charge in [0.25, 0.3) is 0 Å². The topological polar surface area (TPSA) is 0 Å². The molecule has 0 spiro atoms. The monoisotopic (exact) mass is 304 g/mol. The number of hydrogen-bond acceptors (Lipinski definition) is 0. The predicted molar refractivity (Wildman–Crippen MR) is 39.5 cm³/mol. The van der Waals surface area contributed by atoms with E-state index in [4.69, 9.17) is 0 Å². The molecule has 1 aromatic carbocycles. The summed E-state index contributed by atoms with van der Waals surface area (Å²) in [5, 5.41) is 0. The molecule has 0 nitrogen and oxygen atoms in total. The molecule has 1 rings (SSSR count). The molecule has 0 amide bonds. The molecule has 0 fully saturated rings. The minimum absolute atomic E-state index is 0. The Morgan fingerprint density at radius 2 is 1.36 bits per heavy atom. The number of halogens is 1. The summed E-state index contributed by atoms with van der Waals surface area (Å²) >= 11 is 0. The van der Waals surface area contributed by atoms with Crippen LogP contribution >= 0.6 is 0 Å². The first-order chi connectivity index (χ1) is 4.18. The van der Waals surface area contributed by atoms with E-state index in [-0.39, 0.29) is 37.4 Å². The van der Waals surface area contributed by atoms with Crippen molar-refractivity contribution in [2.24, 2.45) is 0 Å². The van der Waals surface area contributed by atoms with Crippen LogP contribution in [0, 0.1) is 26.8 Å². The Labute approximate surface area is 92.8 Å². The van der Waals surface area contributed by atoms with Crippen LogP contribution < -0.4 is 17.0 Å². The molecule has 1 radical (unpaired) electrons. The maximum absolute atomic E-state index is 3.21. The third-order valence-electron chi connectivity index (χ3n) is 1.28. The van der Waals surface area contributed by atoms with Crippen LogP contribution in [0.15, 0.2) is 12.1 Å². The Balaban J connectivity index is 0. The van der Waals surface area contributed by atoms with Gasteiger partial charge < -0.3 is 17.0 Å². The molecular formula is C9H11BrPd-. The Morgan fingerprint density at radius 1 is 1.00 bits per heavy atom. The van der Waals surface area contributed by atoms with Crippen molar-refractivity contribution in [1.82, 2.24) is 0 Å². The van der Waals surface area contributed by atoms with Gasteiger partial charge in [0.15, 0.2) is 0 Å². The van der Waals surface area contributed by atoms with Crippen LogP contribution in [0.3, 0.4) is 0 Å². The molecular weight excluding hydrogens is 294 g/mol. The second-order valence-corrected chi connectivity index (χ2v) is 2.52. The summed E-state index contributed by atoms with van der Waals surface area (Å²) in [7, 11) is 0. The third-order valence-corrected chi connectivity index (χ3v) is 1.28. The fraction of sp³-hybridized carbons (Fsp3) is 0.333. The molecule has 0 heterocycles. The Morgan fingerprint density at radius 3 is 1.64 bits per heavy atom. The van der Waals surface area contributed by atoms with Gasteiger partial charge in [-0.3, -0.25) is 0 Å². The van der Waals surface area contributed by atoms with Crippen molar-refractivity contribution in [2.75, 3.05) is 0 Å². The van der Waals surface area contributed by atoms with Crippen LogP contribution in [0.25, 0.3) is 0 Å². The summed E-state index contributed by atoms with van der Waals surface area (Å²) in [5.74, 6) is 0. The fourth-order valence-electron chi connectivity index (χ4n) is 1.11. The van der Waals surface area contributed by atoms with E-state index < -0.39 is 0 Å². The molecule has 0 aliphatic rings. The zero-order valence-electron chi connectivity index (χ0n) is 6.85. The second-order valence-electron chi connectivity index (χ2n) is 2.52. The van der Waals surface area contributed by atoms with Gasteiger partial charge in [0.2, 0.25) is 0 Å². The van der Waals surface area contributed by atoms with Crippen LogP contribution in [-0.2, 0) is 20.4 Å². The first-order valence-corrected chi connectivity index (χ1v) is 3.15. The molecule has 65 valence electrons. The Bertz CT molecular complexity index is 170. The van der Waals surface area contributed by atoms with Gasteiger partial charge in [-0.05, 0) is 38.0 Å². The SMILES string of the molecule is Cc1[c]c(C)cc(C)c1.[Br-].[Pd]. The summed E-state index contributed by atoms with van der Waals surface area (Å²) in [6, 6.07) is 7.47. The smallest absolute Gasteiger partial charge is 0 e. The molecule has 0 unspecified atom stereocenters. The molecule has 0 aromatic heterocycles. The van der Waals surface area contributed by atoms with Gasteiger partial charge in [0, 0.05) is 20.4 Å². The van der Waals surface area contributed by atoms with Crippen molar-refractivity contribution in [3.63, 3.8) is 0 Å². The maximum Gasteiger partial charge on any atom is 0 e. The Kier molecular flexibility index (Phi) is 7.52. The average Bonchev–Trinajstić information content (AvgIpc) is 1.59. The number of aryl methyl sites for hydroxylation is 3. The third kappa shape index (κ3) is 4.74. The van der Waals surface area contributed by atoms with Crippen molar-refractivity contribution >= 4 is 0 Å². The van der Waals surface area contributed by atoms with Crippen LogP contribution in [0.2, 0.25) is 0 Å². The van der Waals surface area contributed by atoms with Crippen LogP contribution in [0.5, 0.6) is 0 Å². The van der Waals surface area contributed by atoms with Gasteiger partial charge in [0.1, 0.15) is 0 Å². The first-order valence-electron chi connectivity index (χ1n) is 3.15. The quantitative estimate of drug-likeness (QED) is 0.562. The van der Waals surface area contributed by atoms with Crippen LogP contribution in [0.1, 0.15) is 16.7 Å². The van der Waals surface area contributed by atoms with E-state index in [0.717, 1.165) is 0 Å². The van der Waals surface area contributed by atoms with Gasteiger partial charge in [0.05, 0.1) is 0 Å². The maximum atomic E-state index is 3.21.